The summed E-state index contributed by atoms with van der Waals surface area (Å²) < 4.78 is 5.76. The van der Waals surface area contributed by atoms with E-state index in [1.807, 2.05) is 47.4 Å². The number of urea groups is 1. The van der Waals surface area contributed by atoms with Crippen molar-refractivity contribution in [1.82, 2.24) is 20.1 Å². The van der Waals surface area contributed by atoms with Crippen molar-refractivity contribution in [3.05, 3.63) is 60.4 Å². The molecule has 1 aliphatic rings. The molecule has 1 unspecified atom stereocenters. The van der Waals surface area contributed by atoms with Crippen LogP contribution in [0.2, 0.25) is 0 Å². The highest BCUT2D eigenvalue weighted by Gasteiger charge is 2.23. The molecule has 2 aromatic rings. The van der Waals surface area contributed by atoms with E-state index in [0.717, 1.165) is 50.5 Å². The van der Waals surface area contributed by atoms with Crippen molar-refractivity contribution in [3.8, 4) is 5.75 Å². The topological polar surface area (TPSA) is 57.7 Å². The molecule has 6 nitrogen and oxygen atoms in total. The summed E-state index contributed by atoms with van der Waals surface area (Å²) >= 11 is 0. The van der Waals surface area contributed by atoms with Crippen LogP contribution in [0.1, 0.15) is 24.9 Å². The Bertz CT molecular complexity index is 688. The summed E-state index contributed by atoms with van der Waals surface area (Å²) in [6.45, 7) is 6.84. The van der Waals surface area contributed by atoms with Gasteiger partial charge in [-0.15, -0.1) is 0 Å². The Morgan fingerprint density at radius 2 is 1.81 bits per heavy atom. The molecule has 2 amide bonds. The molecule has 144 valence electrons. The zero-order valence-electron chi connectivity index (χ0n) is 15.9. The Morgan fingerprint density at radius 1 is 1.11 bits per heavy atom. The maximum Gasteiger partial charge on any atom is 0.317 e. The van der Waals surface area contributed by atoms with Crippen molar-refractivity contribution in [2.24, 2.45) is 0 Å². The van der Waals surface area contributed by atoms with E-state index in [2.05, 4.69) is 22.1 Å². The molecule has 0 spiro atoms. The first-order chi connectivity index (χ1) is 13.3. The molecule has 6 heteroatoms. The second-order valence-corrected chi connectivity index (χ2v) is 6.68. The minimum absolute atomic E-state index is 0.0128. The number of carbonyl (C=O) groups is 1. The largest absolute Gasteiger partial charge is 0.492 e. The van der Waals surface area contributed by atoms with E-state index < -0.39 is 0 Å². The van der Waals surface area contributed by atoms with Crippen LogP contribution in [-0.4, -0.2) is 60.1 Å². The Morgan fingerprint density at radius 3 is 2.48 bits per heavy atom. The standard InChI is InChI=1S/C21H28N4O2/c1-2-20(18-8-10-22-11-9-18)23-21(26)25-14-12-24(13-15-25)16-17-27-19-6-4-3-5-7-19/h3-11,20H,2,12-17H2,1H3,(H,23,26). The van der Waals surface area contributed by atoms with E-state index >= 15 is 0 Å². The first-order valence-corrected chi connectivity index (χ1v) is 9.62. The number of benzene rings is 1. The fraction of sp³-hybridized carbons (Fsp3) is 0.429. The van der Waals surface area contributed by atoms with Crippen LogP contribution in [0.25, 0.3) is 0 Å². The van der Waals surface area contributed by atoms with Crippen molar-refractivity contribution in [2.75, 3.05) is 39.3 Å². The van der Waals surface area contributed by atoms with Gasteiger partial charge in [-0.1, -0.05) is 25.1 Å². The maximum absolute atomic E-state index is 12.6. The summed E-state index contributed by atoms with van der Waals surface area (Å²) in [6.07, 6.45) is 4.38. The number of pyridine rings is 1. The highest BCUT2D eigenvalue weighted by Crippen LogP contribution is 2.16. The lowest BCUT2D eigenvalue weighted by atomic mass is 10.1. The summed E-state index contributed by atoms with van der Waals surface area (Å²) in [7, 11) is 0. The Hall–Kier alpha value is -2.60. The molecule has 1 atom stereocenters. The number of ether oxygens (including phenoxy) is 1. The highest BCUT2D eigenvalue weighted by molar-refractivity contribution is 5.74. The second-order valence-electron chi connectivity index (χ2n) is 6.68. The summed E-state index contributed by atoms with van der Waals surface area (Å²) in [4.78, 5) is 20.9. The van der Waals surface area contributed by atoms with Gasteiger partial charge in [-0.2, -0.15) is 0 Å². The summed E-state index contributed by atoms with van der Waals surface area (Å²) in [6, 6.07) is 13.8. The fourth-order valence-electron chi connectivity index (χ4n) is 3.24. The molecule has 0 aliphatic carbocycles. The van der Waals surface area contributed by atoms with Gasteiger partial charge >= 0.3 is 6.03 Å². The van der Waals surface area contributed by atoms with Crippen LogP contribution in [0.3, 0.4) is 0 Å². The predicted octanol–water partition coefficient (Wildman–Crippen LogP) is 2.94. The maximum atomic E-state index is 12.6. The zero-order chi connectivity index (χ0) is 18.9. The van der Waals surface area contributed by atoms with Crippen molar-refractivity contribution < 1.29 is 9.53 Å². The lowest BCUT2D eigenvalue weighted by Crippen LogP contribution is -2.52. The van der Waals surface area contributed by atoms with Crippen molar-refractivity contribution in [3.63, 3.8) is 0 Å². The third-order valence-corrected chi connectivity index (χ3v) is 4.89. The average molecular weight is 368 g/mol. The van der Waals surface area contributed by atoms with Gasteiger partial charge in [-0.05, 0) is 36.2 Å². The van der Waals surface area contributed by atoms with Crippen LogP contribution >= 0.6 is 0 Å². The molecule has 0 bridgehead atoms. The number of piperazine rings is 1. The minimum atomic E-state index is 0.0128. The van der Waals surface area contributed by atoms with Crippen molar-refractivity contribution in [2.45, 2.75) is 19.4 Å². The van der Waals surface area contributed by atoms with E-state index in [0.29, 0.717) is 6.61 Å². The molecule has 1 aromatic heterocycles. The van der Waals surface area contributed by atoms with Crippen LogP contribution in [0.4, 0.5) is 4.79 Å². The average Bonchev–Trinajstić information content (AvgIpc) is 2.74. The van der Waals surface area contributed by atoms with Crippen LogP contribution < -0.4 is 10.1 Å². The van der Waals surface area contributed by atoms with Gasteiger partial charge in [0.1, 0.15) is 12.4 Å². The number of carbonyl (C=O) groups excluding carboxylic acids is 1. The number of amides is 2. The van der Waals surface area contributed by atoms with Gasteiger partial charge in [0.15, 0.2) is 0 Å². The number of aromatic nitrogens is 1. The SMILES string of the molecule is CCC(NC(=O)N1CCN(CCOc2ccccc2)CC1)c1ccncc1. The van der Waals surface area contributed by atoms with Gasteiger partial charge in [-0.3, -0.25) is 9.88 Å². The summed E-state index contributed by atoms with van der Waals surface area (Å²) in [5.41, 5.74) is 1.09. The molecule has 27 heavy (non-hydrogen) atoms. The summed E-state index contributed by atoms with van der Waals surface area (Å²) in [5, 5.41) is 3.15. The number of nitrogens with one attached hydrogen (secondary N) is 1. The summed E-state index contributed by atoms with van der Waals surface area (Å²) in [5.74, 6) is 0.900. The monoisotopic (exact) mass is 368 g/mol. The van der Waals surface area contributed by atoms with E-state index in [1.54, 1.807) is 12.4 Å². The van der Waals surface area contributed by atoms with E-state index in [-0.39, 0.29) is 12.1 Å². The van der Waals surface area contributed by atoms with Crippen LogP contribution in [-0.2, 0) is 0 Å². The quantitative estimate of drug-likeness (QED) is 0.816. The molecule has 1 N–H and O–H groups in total. The predicted molar refractivity (Wildman–Crippen MR) is 106 cm³/mol. The molecule has 0 radical (unpaired) electrons. The molecule has 2 heterocycles. The first-order valence-electron chi connectivity index (χ1n) is 9.62. The smallest absolute Gasteiger partial charge is 0.317 e. The Kier molecular flexibility index (Phi) is 7.04. The third kappa shape index (κ3) is 5.69. The van der Waals surface area contributed by atoms with E-state index in [9.17, 15) is 4.79 Å². The molecule has 1 saturated heterocycles. The first kappa shape index (κ1) is 19.2. The second kappa shape index (κ2) is 9.92. The van der Waals surface area contributed by atoms with Crippen molar-refractivity contribution >= 4 is 6.03 Å². The Balaban J connectivity index is 1.40. The molecule has 3 rings (SSSR count). The van der Waals surface area contributed by atoms with Gasteiger partial charge in [0.05, 0.1) is 6.04 Å². The number of para-hydroxylation sites is 1. The fourth-order valence-corrected chi connectivity index (χ4v) is 3.24. The van der Waals surface area contributed by atoms with Gasteiger partial charge in [-0.25, -0.2) is 4.79 Å². The Labute approximate surface area is 161 Å². The molecule has 1 fully saturated rings. The van der Waals surface area contributed by atoms with Crippen LogP contribution in [0.5, 0.6) is 5.75 Å². The normalized spacial score (nSPS) is 16.0. The molecular weight excluding hydrogens is 340 g/mol. The molecule has 1 aliphatic heterocycles. The number of hydrogen-bond donors (Lipinski definition) is 1. The van der Waals surface area contributed by atoms with Crippen molar-refractivity contribution in [1.29, 1.82) is 0 Å². The minimum Gasteiger partial charge on any atom is -0.492 e. The number of hydrogen-bond acceptors (Lipinski definition) is 4. The third-order valence-electron chi connectivity index (χ3n) is 4.89. The van der Waals surface area contributed by atoms with Crippen LogP contribution in [0.15, 0.2) is 54.9 Å². The van der Waals surface area contributed by atoms with Gasteiger partial charge < -0.3 is 15.0 Å². The molecular formula is C21H28N4O2. The molecule has 0 saturated carbocycles. The van der Waals surface area contributed by atoms with Gasteiger partial charge in [0.25, 0.3) is 0 Å². The van der Waals surface area contributed by atoms with Crippen LogP contribution in [0, 0.1) is 0 Å². The van der Waals surface area contributed by atoms with Gasteiger partial charge in [0.2, 0.25) is 0 Å². The zero-order valence-corrected chi connectivity index (χ0v) is 15.9. The van der Waals surface area contributed by atoms with Gasteiger partial charge in [0, 0.05) is 45.1 Å². The highest BCUT2D eigenvalue weighted by atomic mass is 16.5. The number of nitrogens with zero attached hydrogens (tertiary/aromatic N) is 3. The number of rotatable bonds is 7. The van der Waals surface area contributed by atoms with E-state index in [4.69, 9.17) is 4.74 Å². The molecule has 1 aromatic carbocycles. The van der Waals surface area contributed by atoms with E-state index in [1.165, 1.54) is 0 Å². The lowest BCUT2D eigenvalue weighted by molar-refractivity contribution is 0.124. The lowest BCUT2D eigenvalue weighted by Gasteiger charge is -2.35.